The van der Waals surface area contributed by atoms with E-state index in [4.69, 9.17) is 29.4 Å². The van der Waals surface area contributed by atoms with Gasteiger partial charge >= 0.3 is 17.9 Å². The van der Waals surface area contributed by atoms with Gasteiger partial charge in [0.25, 0.3) is 5.91 Å². The number of nitrogens with zero attached hydrogens (tertiary/aromatic N) is 1. The predicted molar refractivity (Wildman–Crippen MR) is 84.1 cm³/mol. The van der Waals surface area contributed by atoms with Gasteiger partial charge in [-0.25, -0.2) is 4.98 Å². The van der Waals surface area contributed by atoms with Crippen molar-refractivity contribution in [1.29, 1.82) is 0 Å². The van der Waals surface area contributed by atoms with Gasteiger partial charge in [0.15, 0.2) is 17.9 Å². The van der Waals surface area contributed by atoms with Crippen LogP contribution in [0.15, 0.2) is 6.33 Å². The number of nitrogens with one attached hydrogen (secondary N) is 1. The first kappa shape index (κ1) is 20.2. The van der Waals surface area contributed by atoms with Crippen LogP contribution in [-0.2, 0) is 33.3 Å². The number of nitrogens with two attached hydrogens (primary N) is 1. The lowest BCUT2D eigenvalue weighted by Crippen LogP contribution is -2.59. The third kappa shape index (κ3) is 5.17. The zero-order chi connectivity index (χ0) is 20.1. The Morgan fingerprint density at radius 2 is 1.67 bits per heavy atom. The van der Waals surface area contributed by atoms with E-state index in [1.54, 1.807) is 0 Å². The first-order valence-electron chi connectivity index (χ1n) is 7.82. The number of rotatable bonds is 6. The summed E-state index contributed by atoms with van der Waals surface area (Å²) in [6.07, 6.45) is -3.69. The summed E-state index contributed by atoms with van der Waals surface area (Å²) in [6, 6.07) is 0. The molecule has 1 saturated heterocycles. The summed E-state index contributed by atoms with van der Waals surface area (Å²) in [7, 11) is 0. The quantitative estimate of drug-likeness (QED) is 0.459. The van der Waals surface area contributed by atoms with E-state index >= 15 is 0 Å². The van der Waals surface area contributed by atoms with Crippen LogP contribution in [0, 0.1) is 0 Å². The van der Waals surface area contributed by atoms with Crippen molar-refractivity contribution in [2.24, 2.45) is 5.73 Å². The van der Waals surface area contributed by atoms with Gasteiger partial charge in [0, 0.05) is 20.8 Å². The third-order valence-corrected chi connectivity index (χ3v) is 3.38. The molecule has 1 amide bonds. The zero-order valence-corrected chi connectivity index (χ0v) is 14.8. The Labute approximate surface area is 153 Å². The minimum atomic E-state index is -1.31. The predicted octanol–water partition coefficient (Wildman–Crippen LogP) is -0.961. The number of hydrogen-bond acceptors (Lipinski definition) is 10. The monoisotopic (exact) mass is 385 g/mol. The second kappa shape index (κ2) is 8.49. The molecule has 2 rings (SSSR count). The summed E-state index contributed by atoms with van der Waals surface area (Å²) < 4.78 is 26.4. The van der Waals surface area contributed by atoms with Gasteiger partial charge in [-0.2, -0.15) is 0 Å². The van der Waals surface area contributed by atoms with Crippen LogP contribution < -0.4 is 10.5 Å². The molecule has 0 unspecified atom stereocenters. The molecule has 1 aliphatic rings. The Bertz CT molecular complexity index is 732. The van der Waals surface area contributed by atoms with Crippen LogP contribution in [0.5, 0.6) is 5.88 Å². The largest absolute Gasteiger partial charge is 0.456 e. The lowest BCUT2D eigenvalue weighted by atomic mass is 10.0. The van der Waals surface area contributed by atoms with Gasteiger partial charge in [-0.1, -0.05) is 0 Å². The number of carbonyl (C=O) groups excluding carboxylic acids is 4. The Morgan fingerprint density at radius 1 is 1.07 bits per heavy atom. The maximum absolute atomic E-state index is 11.5. The van der Waals surface area contributed by atoms with E-state index in [0.29, 0.717) is 0 Å². The van der Waals surface area contributed by atoms with Crippen LogP contribution in [0.1, 0.15) is 31.3 Å². The molecule has 1 aromatic heterocycles. The van der Waals surface area contributed by atoms with Gasteiger partial charge in [0.05, 0.1) is 12.9 Å². The number of ether oxygens (including phenoxy) is 5. The summed E-state index contributed by atoms with van der Waals surface area (Å²) in [5, 5.41) is 0. The van der Waals surface area contributed by atoms with E-state index < -0.39 is 48.4 Å². The second-order valence-electron chi connectivity index (χ2n) is 5.56. The maximum atomic E-state index is 11.5. The Kier molecular flexibility index (Phi) is 6.34. The highest BCUT2D eigenvalue weighted by Crippen LogP contribution is 2.27. The molecule has 1 aliphatic heterocycles. The minimum Gasteiger partial charge on any atom is -0.456 e. The molecule has 2 heterocycles. The first-order valence-corrected chi connectivity index (χ1v) is 7.82. The van der Waals surface area contributed by atoms with Gasteiger partial charge in [-0.15, -0.1) is 0 Å². The minimum absolute atomic E-state index is 0.133. The number of H-pyrrole nitrogens is 1. The van der Waals surface area contributed by atoms with Gasteiger partial charge in [-0.05, 0) is 0 Å². The van der Waals surface area contributed by atoms with Gasteiger partial charge in [0.1, 0.15) is 0 Å². The van der Waals surface area contributed by atoms with Crippen molar-refractivity contribution in [3.8, 4) is 5.88 Å². The number of hydrogen-bond donors (Lipinski definition) is 2. The normalized spacial score (nSPS) is 24.6. The molecular formula is C15H19N3O9. The number of esters is 3. The van der Waals surface area contributed by atoms with Crippen molar-refractivity contribution in [2.75, 3.05) is 6.61 Å². The highest BCUT2D eigenvalue weighted by Gasteiger charge is 2.48. The van der Waals surface area contributed by atoms with Crippen molar-refractivity contribution in [2.45, 2.75) is 45.4 Å². The molecule has 1 aromatic rings. The molecule has 0 bridgehead atoms. The fraction of sp³-hybridized carbons (Fsp3) is 0.533. The van der Waals surface area contributed by atoms with Crippen LogP contribution in [0.25, 0.3) is 0 Å². The molecule has 0 radical (unpaired) electrons. The van der Waals surface area contributed by atoms with Gasteiger partial charge in [-0.3, -0.25) is 19.2 Å². The van der Waals surface area contributed by atoms with E-state index in [9.17, 15) is 19.2 Å². The lowest BCUT2D eigenvalue weighted by Gasteiger charge is -2.39. The molecule has 12 heteroatoms. The van der Waals surface area contributed by atoms with Gasteiger partial charge in [0.2, 0.25) is 18.3 Å². The number of carbonyl (C=O) groups is 4. The molecule has 4 atom stereocenters. The van der Waals surface area contributed by atoms with Crippen LogP contribution in [-0.4, -0.2) is 65.0 Å². The lowest BCUT2D eigenvalue weighted by molar-refractivity contribution is -0.260. The molecule has 12 nitrogen and oxygen atoms in total. The standard InChI is InChI=1S/C15H19N3O9/c1-6(19)24-9-4-23-15(27-14-10(13(16)22)17-5-18-14)12(26-8(3)21)11(9)25-7(2)20/h5,9,11-12,15H,4H2,1-3H3,(H2,16,22)(H,17,18)/t9-,11-,12+,15-/m1/s1. The van der Waals surface area contributed by atoms with E-state index in [2.05, 4.69) is 9.97 Å². The SMILES string of the molecule is CC(=O)O[C@@H]1[C@@H](Oc2nc[nH]c2C(N)=O)OC[C@@H](OC(C)=O)[C@H]1OC(C)=O. The smallest absolute Gasteiger partial charge is 0.303 e. The van der Waals surface area contributed by atoms with E-state index in [-0.39, 0.29) is 18.2 Å². The number of aromatic nitrogens is 2. The molecule has 0 saturated carbocycles. The number of amides is 1. The summed E-state index contributed by atoms with van der Waals surface area (Å²) >= 11 is 0. The Morgan fingerprint density at radius 3 is 2.22 bits per heavy atom. The molecule has 27 heavy (non-hydrogen) atoms. The highest BCUT2D eigenvalue weighted by atomic mass is 16.7. The molecular weight excluding hydrogens is 366 g/mol. The fourth-order valence-corrected chi connectivity index (χ4v) is 2.47. The molecule has 0 aromatic carbocycles. The Balaban J connectivity index is 2.31. The first-order chi connectivity index (χ1) is 12.7. The average molecular weight is 385 g/mol. The van der Waals surface area contributed by atoms with Crippen molar-refractivity contribution in [3.05, 3.63) is 12.0 Å². The fourth-order valence-electron chi connectivity index (χ4n) is 2.47. The number of primary amides is 1. The van der Waals surface area contributed by atoms with E-state index in [1.807, 2.05) is 0 Å². The topological polar surface area (TPSA) is 169 Å². The third-order valence-electron chi connectivity index (χ3n) is 3.38. The summed E-state index contributed by atoms with van der Waals surface area (Å²) in [5.74, 6) is -3.11. The van der Waals surface area contributed by atoms with E-state index in [1.165, 1.54) is 6.33 Å². The molecule has 0 spiro atoms. The summed E-state index contributed by atoms with van der Waals surface area (Å²) in [4.78, 5) is 52.0. The summed E-state index contributed by atoms with van der Waals surface area (Å²) in [5.41, 5.74) is 5.07. The number of imidazole rings is 1. The molecule has 148 valence electrons. The summed E-state index contributed by atoms with van der Waals surface area (Å²) in [6.45, 7) is 3.20. The van der Waals surface area contributed by atoms with Crippen molar-refractivity contribution in [1.82, 2.24) is 9.97 Å². The number of aromatic amines is 1. The van der Waals surface area contributed by atoms with Crippen molar-refractivity contribution >= 4 is 23.8 Å². The van der Waals surface area contributed by atoms with Crippen LogP contribution in [0.4, 0.5) is 0 Å². The average Bonchev–Trinajstić information content (AvgIpc) is 3.00. The molecule has 3 N–H and O–H groups in total. The van der Waals surface area contributed by atoms with Gasteiger partial charge < -0.3 is 34.4 Å². The van der Waals surface area contributed by atoms with Crippen LogP contribution in [0.3, 0.4) is 0 Å². The van der Waals surface area contributed by atoms with Crippen molar-refractivity contribution in [3.63, 3.8) is 0 Å². The highest BCUT2D eigenvalue weighted by molar-refractivity contribution is 5.93. The second-order valence-corrected chi connectivity index (χ2v) is 5.56. The van der Waals surface area contributed by atoms with Crippen LogP contribution in [0.2, 0.25) is 0 Å². The Hall–Kier alpha value is -3.15. The van der Waals surface area contributed by atoms with Crippen molar-refractivity contribution < 1.29 is 42.9 Å². The zero-order valence-electron chi connectivity index (χ0n) is 14.8. The molecule has 1 fully saturated rings. The van der Waals surface area contributed by atoms with E-state index in [0.717, 1.165) is 20.8 Å². The van der Waals surface area contributed by atoms with Crippen LogP contribution >= 0.6 is 0 Å². The maximum Gasteiger partial charge on any atom is 0.303 e. The molecule has 0 aliphatic carbocycles.